The van der Waals surface area contributed by atoms with E-state index >= 15 is 0 Å². The fourth-order valence-corrected chi connectivity index (χ4v) is 5.41. The molecule has 0 fully saturated rings. The second kappa shape index (κ2) is 12.3. The van der Waals surface area contributed by atoms with Gasteiger partial charge in [-0.3, -0.25) is 0 Å². The maximum atomic E-state index is 9.19. The quantitative estimate of drug-likeness (QED) is 0.170. The number of rotatable bonds is 9. The topological polar surface area (TPSA) is 66.0 Å². The summed E-state index contributed by atoms with van der Waals surface area (Å²) < 4.78 is 12.5. The Kier molecular flexibility index (Phi) is 7.80. The minimum Gasteiger partial charge on any atom is -0.492 e. The van der Waals surface area contributed by atoms with Crippen molar-refractivity contribution in [3.63, 3.8) is 0 Å². The molecule has 0 aromatic heterocycles. The summed E-state index contributed by atoms with van der Waals surface area (Å²) in [6, 6.07) is 46.1. The van der Waals surface area contributed by atoms with Crippen LogP contribution in [0.5, 0.6) is 11.5 Å². The van der Waals surface area contributed by atoms with Crippen LogP contribution in [0.25, 0.3) is 54.9 Å². The Labute approximate surface area is 245 Å². The van der Waals surface area contributed by atoms with Crippen molar-refractivity contribution in [2.24, 2.45) is 0 Å². The van der Waals surface area contributed by atoms with E-state index in [1.807, 2.05) is 48.5 Å². The molecular weight excluding hydrogens is 516 g/mol. The predicted octanol–water partition coefficient (Wildman–Crippen LogP) is 9.58. The maximum absolute atomic E-state index is 9.19. The molecule has 0 bridgehead atoms. The molecule has 0 N–H and O–H groups in total. The Balaban J connectivity index is 1.60. The molecule has 6 rings (SSSR count). The summed E-state index contributed by atoms with van der Waals surface area (Å²) in [6.45, 7) is 0.565. The van der Waals surface area contributed by atoms with Crippen LogP contribution < -0.4 is 9.47 Å². The van der Waals surface area contributed by atoms with E-state index in [0.29, 0.717) is 11.5 Å². The van der Waals surface area contributed by atoms with Gasteiger partial charge in [0.1, 0.15) is 24.7 Å². The van der Waals surface area contributed by atoms with Gasteiger partial charge in [-0.25, -0.2) is 0 Å². The highest BCUT2D eigenvalue weighted by Gasteiger charge is 2.20. The largest absolute Gasteiger partial charge is 0.492 e. The first-order valence-corrected chi connectivity index (χ1v) is 14.0. The average molecular weight is 545 g/mol. The van der Waals surface area contributed by atoms with Crippen LogP contribution in [-0.4, -0.2) is 13.2 Å². The molecule has 0 atom stereocenters. The highest BCUT2D eigenvalue weighted by atomic mass is 16.5. The molecule has 42 heavy (non-hydrogen) atoms. The Hall–Kier alpha value is -5.58. The van der Waals surface area contributed by atoms with Gasteiger partial charge < -0.3 is 9.47 Å². The minimum atomic E-state index is 0.282. The number of nitriles is 2. The van der Waals surface area contributed by atoms with Crippen molar-refractivity contribution >= 4 is 21.5 Å². The van der Waals surface area contributed by atoms with Crippen molar-refractivity contribution < 1.29 is 9.47 Å². The van der Waals surface area contributed by atoms with Crippen LogP contribution in [-0.2, 0) is 0 Å². The lowest BCUT2D eigenvalue weighted by molar-refractivity contribution is 0.323. The van der Waals surface area contributed by atoms with Crippen molar-refractivity contribution in [1.82, 2.24) is 0 Å². The molecule has 4 nitrogen and oxygen atoms in total. The zero-order valence-electron chi connectivity index (χ0n) is 23.1. The van der Waals surface area contributed by atoms with Crippen LogP contribution in [0, 0.1) is 22.7 Å². The third-order valence-corrected chi connectivity index (χ3v) is 7.37. The molecule has 0 radical (unpaired) electrons. The molecule has 0 saturated heterocycles. The van der Waals surface area contributed by atoms with Crippen LogP contribution >= 0.6 is 0 Å². The summed E-state index contributed by atoms with van der Waals surface area (Å²) in [5.74, 6) is 1.38. The zero-order valence-corrected chi connectivity index (χ0v) is 23.1. The second-order valence-electron chi connectivity index (χ2n) is 9.99. The summed E-state index contributed by atoms with van der Waals surface area (Å²) in [4.78, 5) is 0. The van der Waals surface area contributed by atoms with Gasteiger partial charge in [0, 0.05) is 11.1 Å². The Morgan fingerprint density at radius 2 is 0.881 bits per heavy atom. The van der Waals surface area contributed by atoms with Gasteiger partial charge in [-0.1, -0.05) is 97.1 Å². The van der Waals surface area contributed by atoms with Crippen molar-refractivity contribution in [2.75, 3.05) is 13.2 Å². The number of hydrogen-bond acceptors (Lipinski definition) is 4. The van der Waals surface area contributed by atoms with Crippen molar-refractivity contribution in [2.45, 2.75) is 12.8 Å². The van der Waals surface area contributed by atoms with Gasteiger partial charge in [0.25, 0.3) is 0 Å². The fraction of sp³-hybridized carbons (Fsp3) is 0.105. The second-order valence-corrected chi connectivity index (χ2v) is 9.99. The number of hydrogen-bond donors (Lipinski definition) is 0. The molecular formula is C38H28N2O2. The Morgan fingerprint density at radius 1 is 0.452 bits per heavy atom. The first-order valence-electron chi connectivity index (χ1n) is 14.0. The summed E-state index contributed by atoms with van der Waals surface area (Å²) in [5, 5.41) is 22.6. The third kappa shape index (κ3) is 5.39. The van der Waals surface area contributed by atoms with Gasteiger partial charge in [0.05, 0.1) is 25.0 Å². The van der Waals surface area contributed by atoms with Crippen LogP contribution in [0.2, 0.25) is 0 Å². The molecule has 6 aromatic rings. The summed E-state index contributed by atoms with van der Waals surface area (Å²) in [7, 11) is 0. The van der Waals surface area contributed by atoms with Crippen LogP contribution in [0.3, 0.4) is 0 Å². The standard InChI is InChI=1S/C38H28N2O2/c39-21-7-23-41-35-19-15-31-25-29(27-9-3-1-4-10-27)13-17-33(31)37(35)38-34-18-14-30(28-11-5-2-6-12-28)26-32(34)16-20-36(38)42-24-8-22-40/h1-6,9-20,25-26H,7-8,23-24H2. The fourth-order valence-electron chi connectivity index (χ4n) is 5.41. The first kappa shape index (κ1) is 26.6. The van der Waals surface area contributed by atoms with E-state index < -0.39 is 0 Å². The van der Waals surface area contributed by atoms with Gasteiger partial charge in [-0.15, -0.1) is 0 Å². The van der Waals surface area contributed by atoms with E-state index in [2.05, 4.69) is 84.9 Å². The van der Waals surface area contributed by atoms with Crippen molar-refractivity contribution in [3.8, 4) is 57.0 Å². The van der Waals surface area contributed by atoms with E-state index in [9.17, 15) is 10.5 Å². The van der Waals surface area contributed by atoms with E-state index in [0.717, 1.165) is 54.9 Å². The molecule has 6 aromatic carbocycles. The van der Waals surface area contributed by atoms with Gasteiger partial charge in [0.15, 0.2) is 0 Å². The highest BCUT2D eigenvalue weighted by Crippen LogP contribution is 2.46. The zero-order chi connectivity index (χ0) is 28.7. The number of ether oxygens (including phenoxy) is 2. The molecule has 0 spiro atoms. The lowest BCUT2D eigenvalue weighted by atomic mass is 9.90. The van der Waals surface area contributed by atoms with Gasteiger partial charge in [-0.05, 0) is 68.1 Å². The monoisotopic (exact) mass is 544 g/mol. The van der Waals surface area contributed by atoms with Crippen molar-refractivity contribution in [3.05, 3.63) is 121 Å². The first-order chi connectivity index (χ1) is 20.8. The van der Waals surface area contributed by atoms with Gasteiger partial charge in [-0.2, -0.15) is 10.5 Å². The number of nitrogens with zero attached hydrogens (tertiary/aromatic N) is 2. The van der Waals surface area contributed by atoms with E-state index in [1.54, 1.807) is 0 Å². The summed E-state index contributed by atoms with van der Waals surface area (Å²) in [6.07, 6.45) is 0.567. The molecule has 4 heteroatoms. The molecule has 0 amide bonds. The SMILES string of the molecule is N#CCCOc1ccc2cc(-c3ccccc3)ccc2c1-c1c(OCCC#N)ccc2cc(-c3ccccc3)ccc12. The average Bonchev–Trinajstić information content (AvgIpc) is 3.05. The molecule has 0 aliphatic carbocycles. The third-order valence-electron chi connectivity index (χ3n) is 7.37. The number of fused-ring (bicyclic) bond motifs is 2. The number of benzene rings is 6. The highest BCUT2D eigenvalue weighted by molar-refractivity contribution is 6.11. The lowest BCUT2D eigenvalue weighted by Gasteiger charge is -2.20. The summed E-state index contributed by atoms with van der Waals surface area (Å²) >= 11 is 0. The summed E-state index contributed by atoms with van der Waals surface area (Å²) in [5.41, 5.74) is 6.38. The predicted molar refractivity (Wildman–Crippen MR) is 169 cm³/mol. The molecule has 0 aliphatic heterocycles. The smallest absolute Gasteiger partial charge is 0.127 e. The Morgan fingerprint density at radius 3 is 1.29 bits per heavy atom. The minimum absolute atomic E-state index is 0.282. The van der Waals surface area contributed by atoms with E-state index in [1.165, 1.54) is 0 Å². The van der Waals surface area contributed by atoms with Crippen LogP contribution in [0.15, 0.2) is 121 Å². The molecule has 202 valence electrons. The van der Waals surface area contributed by atoms with Gasteiger partial charge >= 0.3 is 0 Å². The molecule has 0 heterocycles. The maximum Gasteiger partial charge on any atom is 0.127 e. The van der Waals surface area contributed by atoms with E-state index in [4.69, 9.17) is 9.47 Å². The van der Waals surface area contributed by atoms with Gasteiger partial charge in [0.2, 0.25) is 0 Å². The van der Waals surface area contributed by atoms with Crippen molar-refractivity contribution in [1.29, 1.82) is 10.5 Å². The molecule has 0 saturated carbocycles. The normalized spacial score (nSPS) is 10.7. The lowest BCUT2D eigenvalue weighted by Crippen LogP contribution is -2.02. The van der Waals surface area contributed by atoms with Crippen LogP contribution in [0.4, 0.5) is 0 Å². The van der Waals surface area contributed by atoms with Crippen LogP contribution in [0.1, 0.15) is 12.8 Å². The molecule has 0 aliphatic rings. The molecule has 0 unspecified atom stereocenters. The Bertz CT molecular complexity index is 1810. The van der Waals surface area contributed by atoms with E-state index in [-0.39, 0.29) is 26.1 Å².